The van der Waals surface area contributed by atoms with E-state index in [1.54, 1.807) is 41.5 Å². The van der Waals surface area contributed by atoms with Crippen LogP contribution in [0.3, 0.4) is 0 Å². The smallest absolute Gasteiger partial charge is 0.419 e. The fourth-order valence-electron chi connectivity index (χ4n) is 2.87. The number of hydrogen-bond acceptors (Lipinski definition) is 6. The summed E-state index contributed by atoms with van der Waals surface area (Å²) in [6.07, 6.45) is -1.89. The third-order valence-electron chi connectivity index (χ3n) is 4.22. The number of carbonyl (C=O) groups excluding carboxylic acids is 2. The lowest BCUT2D eigenvalue weighted by molar-refractivity contribution is -0.139. The average molecular weight is 459 g/mol. The van der Waals surface area contributed by atoms with Crippen molar-refractivity contribution in [2.75, 3.05) is 6.54 Å². The summed E-state index contributed by atoms with van der Waals surface area (Å²) in [4.78, 5) is 37.3. The Hall–Kier alpha value is -2.75. The molecule has 3 N–H and O–H groups in total. The number of halogens is 2. The maximum Gasteiger partial charge on any atom is 0.419 e. The van der Waals surface area contributed by atoms with Gasteiger partial charge in [0.05, 0.1) is 0 Å². The molecule has 1 unspecified atom stereocenters. The van der Waals surface area contributed by atoms with Crippen LogP contribution < -0.4 is 5.73 Å². The van der Waals surface area contributed by atoms with Gasteiger partial charge in [0.25, 0.3) is 0 Å². The number of hydrogen-bond donors (Lipinski definition) is 2. The van der Waals surface area contributed by atoms with Crippen LogP contribution in [0.4, 0.5) is 18.4 Å². The summed E-state index contributed by atoms with van der Waals surface area (Å²) in [5, 5.41) is 9.31. The van der Waals surface area contributed by atoms with E-state index in [4.69, 9.17) is 15.2 Å². The molecule has 0 heterocycles. The lowest BCUT2D eigenvalue weighted by Gasteiger charge is -2.29. The van der Waals surface area contributed by atoms with E-state index in [2.05, 4.69) is 0 Å². The molecule has 0 fully saturated rings. The normalized spacial score (nSPS) is 13.8. The van der Waals surface area contributed by atoms with Gasteiger partial charge in [0, 0.05) is 12.5 Å². The Morgan fingerprint density at radius 2 is 1.53 bits per heavy atom. The molecule has 1 aromatic carbocycles. The number of ether oxygens (including phenoxy) is 2. The van der Waals surface area contributed by atoms with Crippen molar-refractivity contribution < 1.29 is 37.7 Å². The van der Waals surface area contributed by atoms with Crippen LogP contribution in [0.15, 0.2) is 18.2 Å². The number of carboxylic acid groups (broad SMARTS) is 1. The van der Waals surface area contributed by atoms with Gasteiger partial charge in [-0.05, 0) is 66.0 Å². The molecule has 1 rings (SSSR count). The highest BCUT2D eigenvalue weighted by Crippen LogP contribution is 2.28. The summed E-state index contributed by atoms with van der Waals surface area (Å²) in [7, 11) is 0. The minimum absolute atomic E-state index is 0.0418. The zero-order valence-electron chi connectivity index (χ0n) is 19.3. The minimum Gasteiger partial charge on any atom is -0.480 e. The van der Waals surface area contributed by atoms with Crippen LogP contribution in [0.2, 0.25) is 0 Å². The standard InChI is InChI=1S/C22H32F2N2O6/c1-21(2,3)31-19(29)26(20(30)32-22(4,5)6)12-8-10-14(17(25)18(27)28)13-9-7-11-15(23)16(13)24/h7,9,11,14,17H,8,10,12,25H2,1-6H3,(H,27,28)/t14?,17-/m1/s1. The molecule has 0 spiro atoms. The first-order chi connectivity index (χ1) is 14.5. The molecule has 2 amide bonds. The van der Waals surface area contributed by atoms with E-state index < -0.39 is 53.0 Å². The predicted molar refractivity (Wildman–Crippen MR) is 113 cm³/mol. The van der Waals surface area contributed by atoms with Crippen LogP contribution in [-0.4, -0.2) is 52.0 Å². The van der Waals surface area contributed by atoms with Crippen molar-refractivity contribution in [1.82, 2.24) is 4.90 Å². The van der Waals surface area contributed by atoms with E-state index in [1.807, 2.05) is 0 Å². The molecule has 0 aromatic heterocycles. The maximum absolute atomic E-state index is 14.3. The fourth-order valence-corrected chi connectivity index (χ4v) is 2.87. The van der Waals surface area contributed by atoms with E-state index in [0.29, 0.717) is 0 Å². The molecule has 0 aliphatic rings. The second-order valence-electron chi connectivity index (χ2n) is 9.37. The van der Waals surface area contributed by atoms with Crippen molar-refractivity contribution in [2.24, 2.45) is 5.73 Å². The molecule has 10 heteroatoms. The molecular formula is C22H32F2N2O6. The fraction of sp³-hybridized carbons (Fsp3) is 0.591. The quantitative estimate of drug-likeness (QED) is 0.621. The molecule has 1 aromatic rings. The highest BCUT2D eigenvalue weighted by Gasteiger charge is 2.33. The summed E-state index contributed by atoms with van der Waals surface area (Å²) in [5.41, 5.74) is 3.78. The van der Waals surface area contributed by atoms with Crippen molar-refractivity contribution in [3.8, 4) is 0 Å². The van der Waals surface area contributed by atoms with Crippen LogP contribution in [-0.2, 0) is 14.3 Å². The third kappa shape index (κ3) is 8.41. The van der Waals surface area contributed by atoms with Crippen LogP contribution in [0.1, 0.15) is 65.9 Å². The number of rotatable bonds is 7. The highest BCUT2D eigenvalue weighted by molar-refractivity contribution is 5.88. The number of nitrogens with two attached hydrogens (primary N) is 1. The van der Waals surface area contributed by atoms with Crippen molar-refractivity contribution in [3.63, 3.8) is 0 Å². The zero-order valence-corrected chi connectivity index (χ0v) is 19.3. The van der Waals surface area contributed by atoms with Gasteiger partial charge < -0.3 is 20.3 Å². The van der Waals surface area contributed by atoms with E-state index in [-0.39, 0.29) is 24.9 Å². The summed E-state index contributed by atoms with van der Waals surface area (Å²) >= 11 is 0. The van der Waals surface area contributed by atoms with Gasteiger partial charge in [-0.1, -0.05) is 12.1 Å². The molecule has 32 heavy (non-hydrogen) atoms. The molecule has 0 saturated heterocycles. The van der Waals surface area contributed by atoms with E-state index >= 15 is 0 Å². The van der Waals surface area contributed by atoms with Crippen LogP contribution >= 0.6 is 0 Å². The molecule has 0 aliphatic heterocycles. The summed E-state index contributed by atoms with van der Waals surface area (Å²) < 4.78 is 38.5. The number of nitrogens with zero attached hydrogens (tertiary/aromatic N) is 1. The van der Waals surface area contributed by atoms with Gasteiger partial charge in [-0.25, -0.2) is 23.3 Å². The Bertz CT molecular complexity index is 805. The maximum atomic E-state index is 14.3. The van der Waals surface area contributed by atoms with Crippen LogP contribution in [0.25, 0.3) is 0 Å². The van der Waals surface area contributed by atoms with E-state index in [0.717, 1.165) is 11.0 Å². The Kier molecular flexibility index (Phi) is 9.13. The molecule has 0 bridgehead atoms. The Morgan fingerprint density at radius 1 is 1.03 bits per heavy atom. The van der Waals surface area contributed by atoms with Gasteiger partial charge >= 0.3 is 18.2 Å². The molecule has 8 nitrogen and oxygen atoms in total. The van der Waals surface area contributed by atoms with Crippen molar-refractivity contribution in [3.05, 3.63) is 35.4 Å². The Labute approximate surface area is 186 Å². The first-order valence-corrected chi connectivity index (χ1v) is 10.2. The zero-order chi connectivity index (χ0) is 24.9. The number of carbonyl (C=O) groups is 3. The Morgan fingerprint density at radius 3 is 1.97 bits per heavy atom. The molecule has 2 atom stereocenters. The second-order valence-corrected chi connectivity index (χ2v) is 9.37. The average Bonchev–Trinajstić information content (AvgIpc) is 2.61. The minimum atomic E-state index is -1.53. The van der Waals surface area contributed by atoms with E-state index in [1.165, 1.54) is 12.1 Å². The molecule has 180 valence electrons. The highest BCUT2D eigenvalue weighted by atomic mass is 19.2. The van der Waals surface area contributed by atoms with Crippen LogP contribution in [0, 0.1) is 11.6 Å². The van der Waals surface area contributed by atoms with Gasteiger partial charge in [0.15, 0.2) is 11.6 Å². The molecule has 0 aliphatic carbocycles. The molecule has 0 radical (unpaired) electrons. The van der Waals surface area contributed by atoms with Gasteiger partial charge in [-0.3, -0.25) is 4.79 Å². The number of imide groups is 1. The van der Waals surface area contributed by atoms with Crippen molar-refractivity contribution >= 4 is 18.2 Å². The topological polar surface area (TPSA) is 119 Å². The number of aliphatic carboxylic acids is 1. The van der Waals surface area contributed by atoms with Gasteiger partial charge in [-0.2, -0.15) is 0 Å². The van der Waals surface area contributed by atoms with E-state index in [9.17, 15) is 28.3 Å². The molecule has 0 saturated carbocycles. The SMILES string of the molecule is CC(C)(C)OC(=O)N(CCCC(c1cccc(F)c1F)[C@@H](N)C(=O)O)C(=O)OC(C)(C)C. The lowest BCUT2D eigenvalue weighted by atomic mass is 9.87. The summed E-state index contributed by atoms with van der Waals surface area (Å²) in [6.45, 7) is 9.59. The number of amides is 2. The lowest BCUT2D eigenvalue weighted by Crippen LogP contribution is -2.44. The second kappa shape index (κ2) is 10.7. The third-order valence-corrected chi connectivity index (χ3v) is 4.22. The van der Waals surface area contributed by atoms with Crippen LogP contribution in [0.5, 0.6) is 0 Å². The van der Waals surface area contributed by atoms with Gasteiger partial charge in [0.2, 0.25) is 0 Å². The predicted octanol–water partition coefficient (Wildman–Crippen LogP) is 4.41. The Balaban J connectivity index is 3.08. The van der Waals surface area contributed by atoms with Gasteiger partial charge in [0.1, 0.15) is 17.2 Å². The first kappa shape index (κ1) is 27.3. The number of benzene rings is 1. The molecular weight excluding hydrogens is 426 g/mol. The van der Waals surface area contributed by atoms with Crippen molar-refractivity contribution in [1.29, 1.82) is 0 Å². The van der Waals surface area contributed by atoms with Gasteiger partial charge in [-0.15, -0.1) is 0 Å². The summed E-state index contributed by atoms with van der Waals surface area (Å²) in [6, 6.07) is 1.89. The largest absolute Gasteiger partial charge is 0.480 e. The van der Waals surface area contributed by atoms with Crippen molar-refractivity contribution in [2.45, 2.75) is 77.5 Å². The monoisotopic (exact) mass is 458 g/mol. The number of carboxylic acids is 1. The first-order valence-electron chi connectivity index (χ1n) is 10.2. The summed E-state index contributed by atoms with van der Waals surface area (Å²) in [5.74, 6) is -4.81.